The van der Waals surface area contributed by atoms with Crippen molar-refractivity contribution in [3.63, 3.8) is 0 Å². The quantitative estimate of drug-likeness (QED) is 0.243. The Morgan fingerprint density at radius 1 is 1.46 bits per heavy atom. The lowest BCUT2D eigenvalue weighted by Gasteiger charge is -2.22. The summed E-state index contributed by atoms with van der Waals surface area (Å²) in [5, 5.41) is 15.0. The number of hydrogen-bond acceptors (Lipinski definition) is 5. The molecule has 0 spiro atoms. The third kappa shape index (κ3) is 8.33. The Hall–Kier alpha value is -1.38. The number of nitrogens with zero attached hydrogens (tertiary/aromatic N) is 2. The molecule has 1 atom stereocenters. The average molecular weight is 402 g/mol. The number of sulfone groups is 1. The van der Waals surface area contributed by atoms with Gasteiger partial charge in [0, 0.05) is 20.1 Å². The van der Waals surface area contributed by atoms with Crippen LogP contribution >= 0.6 is 11.3 Å². The molecule has 0 aliphatic heterocycles. The van der Waals surface area contributed by atoms with Crippen molar-refractivity contribution in [2.75, 3.05) is 32.4 Å². The molecule has 0 amide bonds. The van der Waals surface area contributed by atoms with Gasteiger partial charge in [-0.25, -0.2) is 8.42 Å². The lowest BCUT2D eigenvalue weighted by Crippen LogP contribution is -2.40. The van der Waals surface area contributed by atoms with E-state index in [9.17, 15) is 13.5 Å². The van der Waals surface area contributed by atoms with Gasteiger partial charge in [-0.15, -0.1) is 17.9 Å². The van der Waals surface area contributed by atoms with Crippen LogP contribution in [0.4, 0.5) is 0 Å². The summed E-state index contributed by atoms with van der Waals surface area (Å²) in [6.45, 7) is 7.31. The highest BCUT2D eigenvalue weighted by atomic mass is 32.2. The van der Waals surface area contributed by atoms with E-state index >= 15 is 0 Å². The zero-order valence-electron chi connectivity index (χ0n) is 15.7. The first kappa shape index (κ1) is 22.7. The van der Waals surface area contributed by atoms with E-state index in [1.165, 1.54) is 0 Å². The maximum absolute atomic E-state index is 12.2. The van der Waals surface area contributed by atoms with Crippen LogP contribution in [-0.4, -0.2) is 62.9 Å². The van der Waals surface area contributed by atoms with Crippen LogP contribution in [0.15, 0.2) is 39.4 Å². The maximum Gasteiger partial charge on any atom is 0.193 e. The van der Waals surface area contributed by atoms with Crippen LogP contribution in [0.3, 0.4) is 0 Å². The van der Waals surface area contributed by atoms with Crippen molar-refractivity contribution in [2.24, 2.45) is 4.99 Å². The van der Waals surface area contributed by atoms with Crippen molar-refractivity contribution in [3.05, 3.63) is 30.2 Å². The molecule has 1 aromatic heterocycles. The van der Waals surface area contributed by atoms with Gasteiger partial charge in [-0.3, -0.25) is 4.99 Å². The van der Waals surface area contributed by atoms with E-state index < -0.39 is 15.9 Å². The van der Waals surface area contributed by atoms with Gasteiger partial charge in [0.05, 0.1) is 18.4 Å². The van der Waals surface area contributed by atoms with Gasteiger partial charge in [0.2, 0.25) is 0 Å². The SMILES string of the molecule is C=CCCCCCN(C)C(=NCC(O)CS(=O)(=O)c1cccs1)NCC. The maximum atomic E-state index is 12.2. The molecular formula is C18H31N3O3S2. The third-order valence-electron chi connectivity index (χ3n) is 3.76. The van der Waals surface area contributed by atoms with Gasteiger partial charge in [0.15, 0.2) is 15.8 Å². The van der Waals surface area contributed by atoms with E-state index in [4.69, 9.17) is 0 Å². The molecule has 0 saturated carbocycles. The van der Waals surface area contributed by atoms with Gasteiger partial charge in [-0.2, -0.15) is 0 Å². The Labute approximate surface area is 161 Å². The number of aliphatic hydroxyl groups excluding tert-OH is 1. The first-order chi connectivity index (χ1) is 12.4. The molecule has 148 valence electrons. The van der Waals surface area contributed by atoms with E-state index in [0.717, 1.165) is 43.6 Å². The Morgan fingerprint density at radius 2 is 2.23 bits per heavy atom. The molecule has 1 heterocycles. The largest absolute Gasteiger partial charge is 0.390 e. The molecule has 0 fully saturated rings. The van der Waals surface area contributed by atoms with E-state index in [2.05, 4.69) is 16.9 Å². The Morgan fingerprint density at radius 3 is 2.85 bits per heavy atom. The standard InChI is InChI=1S/C18H31N3O3S2/c1-4-6-7-8-9-12-21(3)18(19-5-2)20-14-16(22)15-26(23,24)17-11-10-13-25-17/h4,10-11,13,16,22H,1,5-9,12,14-15H2,2-3H3,(H,19,20). The summed E-state index contributed by atoms with van der Waals surface area (Å²) < 4.78 is 24.7. The second kappa shape index (κ2) is 12.1. The molecule has 26 heavy (non-hydrogen) atoms. The second-order valence-electron chi connectivity index (χ2n) is 6.12. The number of guanidine groups is 1. The van der Waals surface area contributed by atoms with Crippen LogP contribution in [0.1, 0.15) is 32.6 Å². The fourth-order valence-electron chi connectivity index (χ4n) is 2.41. The van der Waals surface area contributed by atoms with Crippen molar-refractivity contribution in [1.82, 2.24) is 10.2 Å². The minimum Gasteiger partial charge on any atom is -0.390 e. The second-order valence-corrected chi connectivity index (χ2v) is 9.33. The lowest BCUT2D eigenvalue weighted by atomic mass is 10.2. The summed E-state index contributed by atoms with van der Waals surface area (Å²) in [5.74, 6) is 0.366. The van der Waals surface area contributed by atoms with Crippen LogP contribution in [0.25, 0.3) is 0 Å². The minimum atomic E-state index is -3.46. The van der Waals surface area contributed by atoms with E-state index in [1.807, 2.05) is 24.9 Å². The predicted octanol–water partition coefficient (Wildman–Crippen LogP) is 2.53. The van der Waals surface area contributed by atoms with Crippen LogP contribution in [-0.2, 0) is 9.84 Å². The third-order valence-corrected chi connectivity index (χ3v) is 7.05. The molecule has 0 aliphatic rings. The summed E-state index contributed by atoms with van der Waals surface area (Å²) in [6, 6.07) is 3.25. The smallest absolute Gasteiger partial charge is 0.193 e. The van der Waals surface area contributed by atoms with Crippen LogP contribution < -0.4 is 5.32 Å². The first-order valence-electron chi connectivity index (χ1n) is 8.95. The van der Waals surface area contributed by atoms with E-state index in [0.29, 0.717) is 12.5 Å². The number of nitrogens with one attached hydrogen (secondary N) is 1. The van der Waals surface area contributed by atoms with Crippen molar-refractivity contribution in [1.29, 1.82) is 0 Å². The molecule has 6 nitrogen and oxygen atoms in total. The minimum absolute atomic E-state index is 0.0493. The van der Waals surface area contributed by atoms with Gasteiger partial charge in [0.25, 0.3) is 0 Å². The van der Waals surface area contributed by atoms with Gasteiger partial charge < -0.3 is 15.3 Å². The molecule has 2 N–H and O–H groups in total. The molecule has 0 aliphatic carbocycles. The number of allylic oxidation sites excluding steroid dienone is 1. The van der Waals surface area contributed by atoms with Crippen LogP contribution in [0.2, 0.25) is 0 Å². The van der Waals surface area contributed by atoms with Gasteiger partial charge >= 0.3 is 0 Å². The highest BCUT2D eigenvalue weighted by Gasteiger charge is 2.20. The lowest BCUT2D eigenvalue weighted by molar-refractivity contribution is 0.205. The molecule has 0 aromatic carbocycles. The number of rotatable bonds is 12. The summed E-state index contributed by atoms with van der Waals surface area (Å²) in [5.41, 5.74) is 0. The Balaban J connectivity index is 2.54. The molecule has 1 unspecified atom stereocenters. The van der Waals surface area contributed by atoms with Crippen molar-refractivity contribution < 1.29 is 13.5 Å². The normalized spacial score (nSPS) is 13.4. The fourth-order valence-corrected chi connectivity index (χ4v) is 4.88. The van der Waals surface area contributed by atoms with E-state index in [1.54, 1.807) is 17.5 Å². The number of aliphatic hydroxyl groups is 1. The highest BCUT2D eigenvalue weighted by Crippen LogP contribution is 2.18. The van der Waals surface area contributed by atoms with Gasteiger partial charge in [0.1, 0.15) is 4.21 Å². The van der Waals surface area contributed by atoms with Crippen LogP contribution in [0, 0.1) is 0 Å². The van der Waals surface area contributed by atoms with Gasteiger partial charge in [-0.1, -0.05) is 18.6 Å². The summed E-state index contributed by atoms with van der Waals surface area (Å²) in [7, 11) is -1.51. The van der Waals surface area contributed by atoms with Crippen molar-refractivity contribution in [3.8, 4) is 0 Å². The van der Waals surface area contributed by atoms with E-state index in [-0.39, 0.29) is 16.5 Å². The van der Waals surface area contributed by atoms with Crippen LogP contribution in [0.5, 0.6) is 0 Å². The number of thiophene rings is 1. The number of hydrogen-bond donors (Lipinski definition) is 2. The Kier molecular flexibility index (Phi) is 10.5. The van der Waals surface area contributed by atoms with Crippen molar-refractivity contribution >= 4 is 27.1 Å². The fraction of sp³-hybridized carbons (Fsp3) is 0.611. The Bertz CT molecular complexity index is 643. The summed E-state index contributed by atoms with van der Waals surface area (Å²) in [6.07, 6.45) is 5.23. The zero-order chi connectivity index (χ0) is 19.4. The molecule has 0 saturated heterocycles. The monoisotopic (exact) mass is 401 g/mol. The average Bonchev–Trinajstić information content (AvgIpc) is 3.13. The number of unbranched alkanes of at least 4 members (excludes halogenated alkanes) is 3. The predicted molar refractivity (Wildman–Crippen MR) is 110 cm³/mol. The van der Waals surface area contributed by atoms with Crippen molar-refractivity contribution in [2.45, 2.75) is 42.9 Å². The topological polar surface area (TPSA) is 82.0 Å². The highest BCUT2D eigenvalue weighted by molar-refractivity contribution is 7.93. The molecule has 1 rings (SSSR count). The number of aliphatic imine (C=N–C) groups is 1. The summed E-state index contributed by atoms with van der Waals surface area (Å²) in [4.78, 5) is 6.41. The molecular weight excluding hydrogens is 370 g/mol. The zero-order valence-corrected chi connectivity index (χ0v) is 17.4. The summed E-state index contributed by atoms with van der Waals surface area (Å²) >= 11 is 1.16. The molecule has 0 bridgehead atoms. The molecule has 1 aromatic rings. The van der Waals surface area contributed by atoms with Gasteiger partial charge in [-0.05, 0) is 37.6 Å². The first-order valence-corrected chi connectivity index (χ1v) is 11.5. The molecule has 8 heteroatoms. The molecule has 0 radical (unpaired) electrons.